The summed E-state index contributed by atoms with van der Waals surface area (Å²) in [7, 11) is 2.64. The zero-order valence-corrected chi connectivity index (χ0v) is 11.4. The molecule has 19 heavy (non-hydrogen) atoms. The number of carboxylic acid groups (broad SMARTS) is 1. The topological polar surface area (TPSA) is 55.8 Å². The van der Waals surface area contributed by atoms with E-state index in [-0.39, 0.29) is 16.5 Å². The first-order chi connectivity index (χ1) is 8.97. The van der Waals surface area contributed by atoms with E-state index in [2.05, 4.69) is 0 Å². The van der Waals surface area contributed by atoms with Crippen molar-refractivity contribution in [1.82, 2.24) is 0 Å². The highest BCUT2D eigenvalue weighted by molar-refractivity contribution is 6.31. The molecule has 0 atom stereocenters. The lowest BCUT2D eigenvalue weighted by molar-refractivity contribution is -0.147. The summed E-state index contributed by atoms with van der Waals surface area (Å²) in [5.74, 6) is -1.75. The van der Waals surface area contributed by atoms with Gasteiger partial charge in [-0.1, -0.05) is 18.0 Å². The Morgan fingerprint density at radius 2 is 1.95 bits per heavy atom. The number of methoxy groups -OCH3 is 2. The van der Waals surface area contributed by atoms with E-state index in [0.29, 0.717) is 18.4 Å². The van der Waals surface area contributed by atoms with Crippen LogP contribution in [-0.4, -0.2) is 25.3 Å². The Morgan fingerprint density at radius 1 is 1.37 bits per heavy atom. The molecule has 0 heterocycles. The summed E-state index contributed by atoms with van der Waals surface area (Å²) in [5, 5.41) is 9.28. The van der Waals surface area contributed by atoms with Crippen LogP contribution in [-0.2, 0) is 10.2 Å². The molecule has 0 saturated heterocycles. The Balaban J connectivity index is 2.69. The van der Waals surface area contributed by atoms with Crippen LogP contribution < -0.4 is 9.47 Å². The van der Waals surface area contributed by atoms with Crippen molar-refractivity contribution in [3.05, 3.63) is 22.5 Å². The summed E-state index contributed by atoms with van der Waals surface area (Å²) in [5.41, 5.74) is -0.687. The highest BCUT2D eigenvalue weighted by Crippen LogP contribution is 2.51. The van der Waals surface area contributed by atoms with Gasteiger partial charge in [-0.25, -0.2) is 4.39 Å². The summed E-state index contributed by atoms with van der Waals surface area (Å²) < 4.78 is 24.0. The maximum Gasteiger partial charge on any atom is 0.314 e. The number of benzene rings is 1. The van der Waals surface area contributed by atoms with Crippen LogP contribution in [0.15, 0.2) is 6.07 Å². The lowest BCUT2D eigenvalue weighted by Gasteiger charge is -2.39. The minimum Gasteiger partial charge on any atom is -0.492 e. The Kier molecular flexibility index (Phi) is 3.58. The zero-order valence-electron chi connectivity index (χ0n) is 10.6. The van der Waals surface area contributed by atoms with Gasteiger partial charge in [0, 0.05) is 5.56 Å². The Bertz CT molecular complexity index is 526. The van der Waals surface area contributed by atoms with Gasteiger partial charge in [-0.05, 0) is 18.9 Å². The second-order valence-corrected chi connectivity index (χ2v) is 4.93. The molecule has 1 fully saturated rings. The van der Waals surface area contributed by atoms with E-state index in [1.165, 1.54) is 20.3 Å². The first-order valence-corrected chi connectivity index (χ1v) is 6.19. The molecule has 1 aromatic rings. The van der Waals surface area contributed by atoms with Crippen molar-refractivity contribution in [3.8, 4) is 11.5 Å². The van der Waals surface area contributed by atoms with Gasteiger partial charge >= 0.3 is 5.97 Å². The molecule has 1 aliphatic carbocycles. The van der Waals surface area contributed by atoms with E-state index >= 15 is 0 Å². The fourth-order valence-corrected chi connectivity index (χ4v) is 2.65. The average Bonchev–Trinajstić information content (AvgIpc) is 2.31. The molecule has 0 radical (unpaired) electrons. The number of hydrogen-bond donors (Lipinski definition) is 1. The van der Waals surface area contributed by atoms with Gasteiger partial charge in [-0.2, -0.15) is 0 Å². The van der Waals surface area contributed by atoms with Gasteiger partial charge in [-0.3, -0.25) is 4.79 Å². The smallest absolute Gasteiger partial charge is 0.314 e. The van der Waals surface area contributed by atoms with Crippen molar-refractivity contribution in [2.24, 2.45) is 0 Å². The highest BCUT2D eigenvalue weighted by atomic mass is 35.5. The van der Waals surface area contributed by atoms with Crippen molar-refractivity contribution < 1.29 is 23.8 Å². The lowest BCUT2D eigenvalue weighted by atomic mass is 9.64. The van der Waals surface area contributed by atoms with Crippen LogP contribution in [0.1, 0.15) is 24.8 Å². The van der Waals surface area contributed by atoms with Crippen LogP contribution in [0, 0.1) is 5.82 Å². The molecule has 0 bridgehead atoms. The standard InChI is InChI=1S/C13H14ClFO4/c1-18-10-7(13(12(16)17)4-3-5-13)6-8(14)9(15)11(10)19-2/h6H,3-5H2,1-2H3,(H,16,17). The summed E-state index contributed by atoms with van der Waals surface area (Å²) in [6.45, 7) is 0. The van der Waals surface area contributed by atoms with Crippen molar-refractivity contribution in [2.75, 3.05) is 14.2 Å². The number of carboxylic acids is 1. The van der Waals surface area contributed by atoms with Crippen LogP contribution in [0.5, 0.6) is 11.5 Å². The molecular weight excluding hydrogens is 275 g/mol. The maximum atomic E-state index is 13.9. The van der Waals surface area contributed by atoms with Gasteiger partial charge in [0.1, 0.15) is 0 Å². The third-order valence-corrected chi connectivity index (χ3v) is 3.95. The number of carbonyl (C=O) groups is 1. The number of rotatable bonds is 4. The molecule has 4 nitrogen and oxygen atoms in total. The molecule has 0 amide bonds. The minimum atomic E-state index is -1.06. The lowest BCUT2D eigenvalue weighted by Crippen LogP contribution is -2.42. The fourth-order valence-electron chi connectivity index (χ4n) is 2.46. The summed E-state index contributed by atoms with van der Waals surface area (Å²) in [6.07, 6.45) is 1.75. The fraction of sp³-hybridized carbons (Fsp3) is 0.462. The van der Waals surface area contributed by atoms with Gasteiger partial charge in [-0.15, -0.1) is 0 Å². The molecule has 2 rings (SSSR count). The molecule has 0 aromatic heterocycles. The maximum absolute atomic E-state index is 13.9. The van der Waals surface area contributed by atoms with Crippen LogP contribution in [0.2, 0.25) is 5.02 Å². The van der Waals surface area contributed by atoms with Crippen LogP contribution in [0.4, 0.5) is 4.39 Å². The third kappa shape index (κ3) is 1.92. The molecular formula is C13H14ClFO4. The van der Waals surface area contributed by atoms with E-state index in [9.17, 15) is 14.3 Å². The quantitative estimate of drug-likeness (QED) is 0.925. The number of ether oxygens (including phenoxy) is 2. The second-order valence-electron chi connectivity index (χ2n) is 4.53. The van der Waals surface area contributed by atoms with Gasteiger partial charge in [0.25, 0.3) is 0 Å². The van der Waals surface area contributed by atoms with E-state index in [1.807, 2.05) is 0 Å². The van der Waals surface area contributed by atoms with Gasteiger partial charge in [0.05, 0.1) is 24.7 Å². The molecule has 6 heteroatoms. The summed E-state index contributed by atoms with van der Waals surface area (Å²) >= 11 is 5.82. The Morgan fingerprint density at radius 3 is 2.32 bits per heavy atom. The first kappa shape index (κ1) is 13.9. The zero-order chi connectivity index (χ0) is 14.2. The molecule has 0 spiro atoms. The van der Waals surface area contributed by atoms with Crippen molar-refractivity contribution in [3.63, 3.8) is 0 Å². The van der Waals surface area contributed by atoms with E-state index in [1.54, 1.807) is 0 Å². The summed E-state index contributed by atoms with van der Waals surface area (Å²) in [4.78, 5) is 11.5. The van der Waals surface area contributed by atoms with E-state index < -0.39 is 17.2 Å². The molecule has 0 unspecified atom stereocenters. The van der Waals surface area contributed by atoms with Gasteiger partial charge in [0.15, 0.2) is 17.3 Å². The van der Waals surface area contributed by atoms with E-state index in [0.717, 1.165) is 6.42 Å². The van der Waals surface area contributed by atoms with Gasteiger partial charge < -0.3 is 14.6 Å². The van der Waals surface area contributed by atoms with Crippen molar-refractivity contribution in [1.29, 1.82) is 0 Å². The molecule has 1 aromatic carbocycles. The third-order valence-electron chi connectivity index (χ3n) is 3.67. The van der Waals surface area contributed by atoms with E-state index in [4.69, 9.17) is 21.1 Å². The first-order valence-electron chi connectivity index (χ1n) is 5.81. The SMILES string of the molecule is COc1c(C2(C(=O)O)CCC2)cc(Cl)c(F)c1OC. The molecule has 1 N–H and O–H groups in total. The van der Waals surface area contributed by atoms with Crippen LogP contribution in [0.25, 0.3) is 0 Å². The summed E-state index contributed by atoms with van der Waals surface area (Å²) in [6, 6.07) is 1.32. The average molecular weight is 289 g/mol. The Hall–Kier alpha value is -1.49. The number of halogens is 2. The monoisotopic (exact) mass is 288 g/mol. The van der Waals surface area contributed by atoms with Crippen LogP contribution in [0.3, 0.4) is 0 Å². The minimum absolute atomic E-state index is 0.103. The number of aliphatic carboxylic acids is 1. The molecule has 104 valence electrons. The molecule has 0 aliphatic heterocycles. The normalized spacial score (nSPS) is 16.6. The van der Waals surface area contributed by atoms with Crippen LogP contribution >= 0.6 is 11.6 Å². The predicted octanol–water partition coefficient (Wildman–Crippen LogP) is 3.00. The van der Waals surface area contributed by atoms with Crippen molar-refractivity contribution in [2.45, 2.75) is 24.7 Å². The van der Waals surface area contributed by atoms with Gasteiger partial charge in [0.2, 0.25) is 0 Å². The second kappa shape index (κ2) is 4.89. The Labute approximate surface area is 115 Å². The highest BCUT2D eigenvalue weighted by Gasteiger charge is 2.49. The molecule has 1 saturated carbocycles. The number of hydrogen-bond acceptors (Lipinski definition) is 3. The van der Waals surface area contributed by atoms with Crippen molar-refractivity contribution >= 4 is 17.6 Å². The largest absolute Gasteiger partial charge is 0.492 e. The predicted molar refractivity (Wildman–Crippen MR) is 67.7 cm³/mol. The molecule has 1 aliphatic rings.